The fourth-order valence-corrected chi connectivity index (χ4v) is 5.73. The van der Waals surface area contributed by atoms with Gasteiger partial charge in [-0.05, 0) is 30.3 Å². The normalized spacial score (nSPS) is 14.7. The van der Waals surface area contributed by atoms with Crippen molar-refractivity contribution in [2.45, 2.75) is 11.8 Å². The lowest BCUT2D eigenvalue weighted by molar-refractivity contribution is 0.0391. The number of hydrogen-bond donors (Lipinski definition) is 0. The number of benzene rings is 2. The third kappa shape index (κ3) is 5.85. The molecule has 33 heavy (non-hydrogen) atoms. The molecule has 1 fully saturated rings. The van der Waals surface area contributed by atoms with E-state index in [-0.39, 0.29) is 29.0 Å². The lowest BCUT2D eigenvalue weighted by Crippen LogP contribution is -2.43. The van der Waals surface area contributed by atoms with E-state index in [1.165, 1.54) is 23.5 Å². The van der Waals surface area contributed by atoms with Crippen LogP contribution in [-0.4, -0.2) is 69.4 Å². The molecule has 1 saturated heterocycles. The van der Waals surface area contributed by atoms with Crippen molar-refractivity contribution in [1.82, 2.24) is 9.88 Å². The predicted molar refractivity (Wildman–Crippen MR) is 135 cm³/mol. The number of para-hydroxylation sites is 1. The van der Waals surface area contributed by atoms with Crippen molar-refractivity contribution in [3.05, 3.63) is 53.1 Å². The average Bonchev–Trinajstić information content (AvgIpc) is 3.25. The van der Waals surface area contributed by atoms with Gasteiger partial charge in [-0.2, -0.15) is 0 Å². The largest absolute Gasteiger partial charge is 0.379 e. The molecule has 0 radical (unpaired) electrons. The zero-order valence-electron chi connectivity index (χ0n) is 18.1. The molecule has 7 nitrogen and oxygen atoms in total. The minimum atomic E-state index is -3.42. The number of amides is 1. The van der Waals surface area contributed by atoms with Crippen molar-refractivity contribution in [3.63, 3.8) is 0 Å². The number of morpholine rings is 1. The van der Waals surface area contributed by atoms with Crippen LogP contribution < -0.4 is 4.90 Å². The van der Waals surface area contributed by atoms with Crippen molar-refractivity contribution in [1.29, 1.82) is 0 Å². The Labute approximate surface area is 208 Å². The Bertz CT molecular complexity index is 1230. The molecule has 0 spiro atoms. The fourth-order valence-electron chi connectivity index (χ4n) is 3.51. The third-order valence-corrected chi connectivity index (χ3v) is 8.48. The molecule has 0 saturated carbocycles. The van der Waals surface area contributed by atoms with Crippen molar-refractivity contribution in [2.24, 2.45) is 0 Å². The number of aromatic nitrogens is 1. The highest BCUT2D eigenvalue weighted by Gasteiger charge is 2.24. The van der Waals surface area contributed by atoms with Gasteiger partial charge in [-0.3, -0.25) is 14.6 Å². The molecule has 4 rings (SSSR count). The van der Waals surface area contributed by atoms with Crippen LogP contribution in [0.4, 0.5) is 5.13 Å². The number of fused-ring (bicyclic) bond motifs is 1. The van der Waals surface area contributed by atoms with Crippen LogP contribution in [0.5, 0.6) is 0 Å². The molecule has 1 aromatic heterocycles. The molecular formula is C22H25Cl2N3O4S2. The Balaban J connectivity index is 0.00000306. The van der Waals surface area contributed by atoms with Crippen molar-refractivity contribution < 1.29 is 17.9 Å². The van der Waals surface area contributed by atoms with Crippen LogP contribution in [0.1, 0.15) is 17.3 Å². The van der Waals surface area contributed by atoms with E-state index in [9.17, 15) is 13.2 Å². The van der Waals surface area contributed by atoms with Crippen LogP contribution in [-0.2, 0) is 14.6 Å². The number of rotatable bonds is 7. The standard InChI is InChI=1S/C22H24ClN3O4S2.ClH/c1-2-32(28,29)17-6-3-5-16(15-17)21(27)26(10-9-25-11-13-30-14-12-25)22-24-20-18(23)7-4-8-19(20)31-22;/h3-8,15H,2,9-14H2,1H3;1H. The van der Waals surface area contributed by atoms with E-state index in [1.54, 1.807) is 30.0 Å². The van der Waals surface area contributed by atoms with Crippen LogP contribution in [0, 0.1) is 0 Å². The fraction of sp³-hybridized carbons (Fsp3) is 0.364. The van der Waals surface area contributed by atoms with Gasteiger partial charge in [0, 0.05) is 31.7 Å². The summed E-state index contributed by atoms with van der Waals surface area (Å²) in [6, 6.07) is 11.7. The number of carbonyl (C=O) groups is 1. The molecule has 0 bridgehead atoms. The lowest BCUT2D eigenvalue weighted by atomic mass is 10.2. The minimum Gasteiger partial charge on any atom is -0.379 e. The predicted octanol–water partition coefficient (Wildman–Crippen LogP) is 4.14. The first-order chi connectivity index (χ1) is 15.4. The maximum absolute atomic E-state index is 13.6. The molecule has 1 aliphatic heterocycles. The second-order valence-corrected chi connectivity index (χ2v) is 11.1. The molecule has 1 amide bonds. The van der Waals surface area contributed by atoms with Gasteiger partial charge in [-0.15, -0.1) is 12.4 Å². The van der Waals surface area contributed by atoms with Gasteiger partial charge in [-0.1, -0.05) is 42.0 Å². The number of anilines is 1. The first kappa shape index (κ1) is 25.9. The Kier molecular flexibility index (Phi) is 8.71. The molecule has 0 aliphatic carbocycles. The Morgan fingerprint density at radius 2 is 1.94 bits per heavy atom. The summed E-state index contributed by atoms with van der Waals surface area (Å²) < 4.78 is 31.0. The molecule has 11 heteroatoms. The summed E-state index contributed by atoms with van der Waals surface area (Å²) in [6.07, 6.45) is 0. The number of nitrogens with zero attached hydrogens (tertiary/aromatic N) is 3. The van der Waals surface area contributed by atoms with Crippen molar-refractivity contribution in [2.75, 3.05) is 50.0 Å². The van der Waals surface area contributed by atoms with E-state index in [0.717, 1.165) is 17.8 Å². The highest BCUT2D eigenvalue weighted by molar-refractivity contribution is 7.91. The summed E-state index contributed by atoms with van der Waals surface area (Å²) in [4.78, 5) is 22.2. The van der Waals surface area contributed by atoms with E-state index in [2.05, 4.69) is 9.88 Å². The summed E-state index contributed by atoms with van der Waals surface area (Å²) in [5.41, 5.74) is 0.965. The third-order valence-electron chi connectivity index (χ3n) is 5.40. The molecule has 2 aromatic carbocycles. The Hall–Kier alpha value is -1.75. The van der Waals surface area contributed by atoms with Crippen LogP contribution in [0.25, 0.3) is 10.2 Å². The molecular weight excluding hydrogens is 505 g/mol. The molecule has 1 aliphatic rings. The Morgan fingerprint density at radius 3 is 2.64 bits per heavy atom. The van der Waals surface area contributed by atoms with E-state index < -0.39 is 9.84 Å². The van der Waals surface area contributed by atoms with E-state index in [1.807, 2.05) is 12.1 Å². The Morgan fingerprint density at radius 1 is 1.21 bits per heavy atom. The van der Waals surface area contributed by atoms with E-state index >= 15 is 0 Å². The van der Waals surface area contributed by atoms with Gasteiger partial charge in [0.05, 0.1) is 33.6 Å². The van der Waals surface area contributed by atoms with Gasteiger partial charge in [0.25, 0.3) is 5.91 Å². The van der Waals surface area contributed by atoms with E-state index in [0.29, 0.717) is 47.5 Å². The van der Waals surface area contributed by atoms with Gasteiger partial charge in [0.2, 0.25) is 0 Å². The monoisotopic (exact) mass is 529 g/mol. The molecule has 3 aromatic rings. The van der Waals surface area contributed by atoms with Gasteiger partial charge >= 0.3 is 0 Å². The van der Waals surface area contributed by atoms with Crippen molar-refractivity contribution in [3.8, 4) is 0 Å². The average molecular weight is 530 g/mol. The van der Waals surface area contributed by atoms with Crippen LogP contribution in [0.15, 0.2) is 47.4 Å². The maximum atomic E-state index is 13.6. The van der Waals surface area contributed by atoms with Crippen molar-refractivity contribution >= 4 is 66.4 Å². The first-order valence-electron chi connectivity index (χ1n) is 10.4. The summed E-state index contributed by atoms with van der Waals surface area (Å²) in [5, 5.41) is 1.07. The second kappa shape index (κ2) is 11.1. The number of carbonyl (C=O) groups excluding carboxylic acids is 1. The molecule has 0 atom stereocenters. The quantitative estimate of drug-likeness (QED) is 0.457. The maximum Gasteiger partial charge on any atom is 0.260 e. The SMILES string of the molecule is CCS(=O)(=O)c1cccc(C(=O)N(CCN2CCOCC2)c2nc3c(Cl)cccc3s2)c1.Cl. The number of sulfone groups is 1. The van der Waals surface area contributed by atoms with Gasteiger partial charge in [0.15, 0.2) is 15.0 Å². The number of thiazole rings is 1. The van der Waals surface area contributed by atoms with Gasteiger partial charge in [-0.25, -0.2) is 13.4 Å². The zero-order valence-corrected chi connectivity index (χ0v) is 21.3. The second-order valence-electron chi connectivity index (χ2n) is 7.43. The summed E-state index contributed by atoms with van der Waals surface area (Å²) in [5.74, 6) is -0.316. The van der Waals surface area contributed by atoms with Crippen LogP contribution in [0.2, 0.25) is 5.02 Å². The summed E-state index contributed by atoms with van der Waals surface area (Å²) in [6.45, 7) is 5.61. The first-order valence-corrected chi connectivity index (χ1v) is 13.2. The summed E-state index contributed by atoms with van der Waals surface area (Å²) >= 11 is 7.70. The van der Waals surface area contributed by atoms with Gasteiger partial charge < -0.3 is 4.74 Å². The topological polar surface area (TPSA) is 79.8 Å². The smallest absolute Gasteiger partial charge is 0.260 e. The minimum absolute atomic E-state index is 0. The zero-order chi connectivity index (χ0) is 22.7. The number of hydrogen-bond acceptors (Lipinski definition) is 7. The van der Waals surface area contributed by atoms with Crippen LogP contribution >= 0.6 is 35.3 Å². The molecule has 2 heterocycles. The highest BCUT2D eigenvalue weighted by atomic mass is 35.5. The molecule has 0 unspecified atom stereocenters. The molecule has 0 N–H and O–H groups in total. The summed E-state index contributed by atoms with van der Waals surface area (Å²) in [7, 11) is -3.42. The number of halogens is 2. The lowest BCUT2D eigenvalue weighted by Gasteiger charge is -2.29. The molecule has 178 valence electrons. The van der Waals surface area contributed by atoms with Gasteiger partial charge in [0.1, 0.15) is 5.52 Å². The number of ether oxygens (including phenoxy) is 1. The van der Waals surface area contributed by atoms with Crippen LogP contribution in [0.3, 0.4) is 0 Å². The highest BCUT2D eigenvalue weighted by Crippen LogP contribution is 2.33. The van der Waals surface area contributed by atoms with E-state index in [4.69, 9.17) is 16.3 Å².